The summed E-state index contributed by atoms with van der Waals surface area (Å²) < 4.78 is 21.5. The molecule has 10 nitrogen and oxygen atoms in total. The van der Waals surface area contributed by atoms with Crippen LogP contribution in [0.1, 0.15) is 6.42 Å². The summed E-state index contributed by atoms with van der Waals surface area (Å²) in [5.41, 5.74) is 0. The number of rotatable bonds is 5. The summed E-state index contributed by atoms with van der Waals surface area (Å²) in [7, 11) is -8.81. The molecule has 0 aromatic heterocycles. The van der Waals surface area contributed by atoms with Gasteiger partial charge in [0.15, 0.2) is 0 Å². The fourth-order valence-electron chi connectivity index (χ4n) is 1.86. The predicted octanol–water partition coefficient (Wildman–Crippen LogP) is -2.19. The van der Waals surface area contributed by atoms with Crippen molar-refractivity contribution >= 4 is 21.1 Å². The van der Waals surface area contributed by atoms with Crippen LogP contribution in [0.4, 0.5) is 0 Å². The normalized spacial score (nSPS) is 25.5. The van der Waals surface area contributed by atoms with Crippen LogP contribution in [0.3, 0.4) is 0 Å². The second-order valence-electron chi connectivity index (χ2n) is 4.28. The van der Waals surface area contributed by atoms with Crippen molar-refractivity contribution in [3.63, 3.8) is 0 Å². The molecule has 1 saturated heterocycles. The van der Waals surface area contributed by atoms with Gasteiger partial charge in [-0.3, -0.25) is 18.8 Å². The Morgan fingerprint density at radius 1 is 1.21 bits per heavy atom. The van der Waals surface area contributed by atoms with Gasteiger partial charge in [-0.2, -0.15) is 0 Å². The molecular formula is C7H16N2O8P2. The Morgan fingerprint density at radius 2 is 1.79 bits per heavy atom. The quantitative estimate of drug-likeness (QED) is 0.308. The molecule has 0 spiro atoms. The van der Waals surface area contributed by atoms with Gasteiger partial charge in [-0.25, -0.2) is 0 Å². The molecule has 1 aliphatic rings. The molecule has 2 atom stereocenters. The minimum Gasteiger partial charge on any atom is -0.391 e. The van der Waals surface area contributed by atoms with E-state index in [-0.39, 0.29) is 13.0 Å². The van der Waals surface area contributed by atoms with Crippen molar-refractivity contribution in [1.29, 1.82) is 0 Å². The SMILES string of the molecule is O=C(NCP(=O)(O)O)[C@@H]1C(O)CCN1CP(=O)(O)O. The maximum Gasteiger partial charge on any atom is 0.344 e. The average molecular weight is 318 g/mol. The van der Waals surface area contributed by atoms with Gasteiger partial charge in [0.25, 0.3) is 0 Å². The minimum atomic E-state index is -4.43. The summed E-state index contributed by atoms with van der Waals surface area (Å²) in [6.45, 7) is 0.111. The molecule has 1 amide bonds. The maximum absolute atomic E-state index is 11.7. The Morgan fingerprint density at radius 3 is 2.26 bits per heavy atom. The highest BCUT2D eigenvalue weighted by Crippen LogP contribution is 2.38. The predicted molar refractivity (Wildman–Crippen MR) is 63.1 cm³/mol. The van der Waals surface area contributed by atoms with Crippen LogP contribution in [0.2, 0.25) is 0 Å². The summed E-state index contributed by atoms with van der Waals surface area (Å²) in [6, 6.07) is -1.22. The highest BCUT2D eigenvalue weighted by molar-refractivity contribution is 7.51. The van der Waals surface area contributed by atoms with Crippen LogP contribution in [-0.4, -0.2) is 66.7 Å². The molecule has 1 heterocycles. The van der Waals surface area contributed by atoms with E-state index < -0.39 is 45.8 Å². The van der Waals surface area contributed by atoms with Crippen LogP contribution < -0.4 is 5.32 Å². The van der Waals surface area contributed by atoms with Crippen LogP contribution in [0.5, 0.6) is 0 Å². The van der Waals surface area contributed by atoms with Gasteiger partial charge in [-0.05, 0) is 6.42 Å². The molecule has 0 radical (unpaired) electrons. The lowest BCUT2D eigenvalue weighted by atomic mass is 10.1. The Balaban J connectivity index is 2.69. The van der Waals surface area contributed by atoms with E-state index in [0.29, 0.717) is 0 Å². The van der Waals surface area contributed by atoms with Crippen molar-refractivity contribution in [3.8, 4) is 0 Å². The van der Waals surface area contributed by atoms with Crippen molar-refractivity contribution in [2.24, 2.45) is 0 Å². The molecule has 0 saturated carbocycles. The van der Waals surface area contributed by atoms with Crippen molar-refractivity contribution in [2.45, 2.75) is 18.6 Å². The Labute approximate surface area is 108 Å². The molecular weight excluding hydrogens is 302 g/mol. The molecule has 1 aliphatic heterocycles. The van der Waals surface area contributed by atoms with Gasteiger partial charge in [0.2, 0.25) is 5.91 Å². The molecule has 19 heavy (non-hydrogen) atoms. The lowest BCUT2D eigenvalue weighted by Gasteiger charge is -2.25. The zero-order chi connectivity index (χ0) is 14.8. The number of aliphatic hydroxyl groups is 1. The third-order valence-electron chi connectivity index (χ3n) is 2.56. The number of hydrogen-bond acceptors (Lipinski definition) is 5. The lowest BCUT2D eigenvalue weighted by molar-refractivity contribution is -0.127. The number of aliphatic hydroxyl groups excluding tert-OH is 1. The highest BCUT2D eigenvalue weighted by atomic mass is 31.2. The first-order valence-electron chi connectivity index (χ1n) is 5.28. The first kappa shape index (κ1) is 16.7. The zero-order valence-electron chi connectivity index (χ0n) is 9.79. The van der Waals surface area contributed by atoms with Gasteiger partial charge >= 0.3 is 15.2 Å². The van der Waals surface area contributed by atoms with Gasteiger partial charge in [-0.1, -0.05) is 0 Å². The fraction of sp³-hybridized carbons (Fsp3) is 0.857. The van der Waals surface area contributed by atoms with E-state index in [4.69, 9.17) is 19.6 Å². The summed E-state index contributed by atoms with van der Waals surface area (Å²) in [4.78, 5) is 47.7. The van der Waals surface area contributed by atoms with Gasteiger partial charge in [0, 0.05) is 6.54 Å². The molecule has 1 unspecified atom stereocenters. The van der Waals surface area contributed by atoms with Crippen molar-refractivity contribution in [2.75, 3.05) is 19.1 Å². The number of likely N-dealkylation sites (tertiary alicyclic amines) is 1. The maximum atomic E-state index is 11.7. The highest BCUT2D eigenvalue weighted by Gasteiger charge is 2.41. The van der Waals surface area contributed by atoms with E-state index in [1.54, 1.807) is 0 Å². The summed E-state index contributed by atoms with van der Waals surface area (Å²) >= 11 is 0. The van der Waals surface area contributed by atoms with E-state index in [0.717, 1.165) is 4.90 Å². The fourth-order valence-corrected chi connectivity index (χ4v) is 3.01. The van der Waals surface area contributed by atoms with Crippen molar-refractivity contribution < 1.29 is 38.6 Å². The summed E-state index contributed by atoms with van der Waals surface area (Å²) in [6.07, 6.45) is -2.58. The van der Waals surface area contributed by atoms with Crippen LogP contribution in [0, 0.1) is 0 Å². The second-order valence-corrected chi connectivity index (χ2v) is 7.54. The number of amides is 1. The van der Waals surface area contributed by atoms with Crippen LogP contribution >= 0.6 is 15.2 Å². The molecule has 12 heteroatoms. The number of carbonyl (C=O) groups is 1. The van der Waals surface area contributed by atoms with Gasteiger partial charge < -0.3 is 30.0 Å². The second kappa shape index (κ2) is 5.99. The number of carbonyl (C=O) groups excluding carboxylic acids is 1. The Hall–Kier alpha value is -0.310. The minimum absolute atomic E-state index is 0.111. The molecule has 0 aliphatic carbocycles. The largest absolute Gasteiger partial charge is 0.391 e. The summed E-state index contributed by atoms with van der Waals surface area (Å²) in [5.74, 6) is -0.873. The first-order valence-corrected chi connectivity index (χ1v) is 8.88. The standard InChI is InChI=1S/C7H16N2O8P2/c10-5-1-2-9(4-19(15,16)17)6(5)7(11)8-3-18(12,13)14/h5-6,10H,1-4H2,(H,8,11)(H2,12,13,14)(H2,15,16,17)/t5?,6-/m0/s1. The van der Waals surface area contributed by atoms with Crippen LogP contribution in [-0.2, 0) is 13.9 Å². The van der Waals surface area contributed by atoms with E-state index in [9.17, 15) is 19.0 Å². The molecule has 1 rings (SSSR count). The molecule has 0 bridgehead atoms. The number of nitrogens with one attached hydrogen (secondary N) is 1. The van der Waals surface area contributed by atoms with Crippen LogP contribution in [0.25, 0.3) is 0 Å². The van der Waals surface area contributed by atoms with Crippen molar-refractivity contribution in [1.82, 2.24) is 10.2 Å². The molecule has 1 fully saturated rings. The summed E-state index contributed by atoms with van der Waals surface area (Å²) in [5, 5.41) is 11.6. The number of hydrogen-bond donors (Lipinski definition) is 6. The molecule has 0 aromatic rings. The third kappa shape index (κ3) is 5.68. The van der Waals surface area contributed by atoms with Crippen LogP contribution in [0.15, 0.2) is 0 Å². The number of nitrogens with zero attached hydrogens (tertiary/aromatic N) is 1. The zero-order valence-corrected chi connectivity index (χ0v) is 11.6. The smallest absolute Gasteiger partial charge is 0.344 e. The molecule has 6 N–H and O–H groups in total. The Bertz CT molecular complexity index is 431. The monoisotopic (exact) mass is 318 g/mol. The van der Waals surface area contributed by atoms with Crippen molar-refractivity contribution in [3.05, 3.63) is 0 Å². The van der Waals surface area contributed by atoms with E-state index in [1.807, 2.05) is 5.32 Å². The molecule has 112 valence electrons. The Kier molecular flexibility index (Phi) is 5.28. The van der Waals surface area contributed by atoms with Gasteiger partial charge in [0.05, 0.1) is 6.10 Å². The third-order valence-corrected chi connectivity index (χ3v) is 3.87. The van der Waals surface area contributed by atoms with E-state index >= 15 is 0 Å². The molecule has 0 aromatic carbocycles. The topological polar surface area (TPSA) is 168 Å². The van der Waals surface area contributed by atoms with Gasteiger partial charge in [-0.15, -0.1) is 0 Å². The van der Waals surface area contributed by atoms with E-state index in [2.05, 4.69) is 0 Å². The lowest BCUT2D eigenvalue weighted by Crippen LogP contribution is -2.48. The average Bonchev–Trinajstić information content (AvgIpc) is 2.53. The van der Waals surface area contributed by atoms with E-state index in [1.165, 1.54) is 0 Å². The van der Waals surface area contributed by atoms with Gasteiger partial charge in [0.1, 0.15) is 18.6 Å². The first-order chi connectivity index (χ1) is 8.49.